The zero-order valence-electron chi connectivity index (χ0n) is 23.4. The summed E-state index contributed by atoms with van der Waals surface area (Å²) in [7, 11) is 1.40. The van der Waals surface area contributed by atoms with E-state index >= 15 is 0 Å². The smallest absolute Gasteiger partial charge is 0.282 e. The van der Waals surface area contributed by atoms with Crippen molar-refractivity contribution in [3.05, 3.63) is 40.3 Å². The minimum Gasteiger partial charge on any atom is -0.366 e. The molecule has 3 unspecified atom stereocenters. The zero-order chi connectivity index (χ0) is 27.4. The van der Waals surface area contributed by atoms with Crippen LogP contribution in [0.25, 0.3) is 11.0 Å². The quantitative estimate of drug-likeness (QED) is 0.439. The highest BCUT2D eigenvalue weighted by atomic mass is 32.2. The maximum atomic E-state index is 14.0. The monoisotopic (exact) mass is 556 g/mol. The molecule has 1 aliphatic carbocycles. The number of methoxy groups -OCH3 is 1. The molecule has 9 heteroatoms. The van der Waals surface area contributed by atoms with Crippen LogP contribution in [-0.2, 0) is 4.74 Å². The number of nitrogens with one attached hydrogen (secondary N) is 1. The van der Waals surface area contributed by atoms with Gasteiger partial charge in [0, 0.05) is 31.3 Å². The Kier molecular flexibility index (Phi) is 9.64. The Balaban J connectivity index is 1.43. The van der Waals surface area contributed by atoms with E-state index in [2.05, 4.69) is 15.2 Å². The molecular weight excluding hydrogens is 512 g/mol. The van der Waals surface area contributed by atoms with Gasteiger partial charge in [-0.15, -0.1) is 0 Å². The molecule has 0 spiro atoms. The van der Waals surface area contributed by atoms with E-state index in [0.717, 1.165) is 24.1 Å². The number of piperidine rings is 1. The third-order valence-electron chi connectivity index (χ3n) is 9.17. The number of rotatable bonds is 9. The van der Waals surface area contributed by atoms with Gasteiger partial charge in [-0.1, -0.05) is 44.2 Å². The van der Waals surface area contributed by atoms with Gasteiger partial charge in [-0.3, -0.25) is 14.5 Å². The summed E-state index contributed by atoms with van der Waals surface area (Å²) < 4.78 is 6.96. The van der Waals surface area contributed by atoms with E-state index in [1.807, 2.05) is 35.1 Å². The maximum Gasteiger partial charge on any atom is 0.282 e. The van der Waals surface area contributed by atoms with Crippen molar-refractivity contribution in [2.75, 3.05) is 19.1 Å². The number of ether oxygens (including phenoxy) is 1. The zero-order valence-corrected chi connectivity index (χ0v) is 24.2. The van der Waals surface area contributed by atoms with Crippen molar-refractivity contribution >= 4 is 28.7 Å². The number of hydrogen-bond donors (Lipinski definition) is 2. The van der Waals surface area contributed by atoms with E-state index in [1.54, 1.807) is 11.8 Å². The Hall–Kier alpha value is -1.94. The van der Waals surface area contributed by atoms with Gasteiger partial charge in [-0.25, -0.2) is 4.98 Å². The van der Waals surface area contributed by atoms with Crippen LogP contribution < -0.4 is 10.9 Å². The molecule has 8 nitrogen and oxygen atoms in total. The molecule has 1 aromatic heterocycles. The molecule has 39 heavy (non-hydrogen) atoms. The average Bonchev–Trinajstić information content (AvgIpc) is 3.18. The summed E-state index contributed by atoms with van der Waals surface area (Å²) in [4.78, 5) is 34.8. The first-order valence-electron chi connectivity index (χ1n) is 14.8. The summed E-state index contributed by atoms with van der Waals surface area (Å²) >= 11 is 1.62. The standard InChI is InChI=1S/C30H44N4O4S/c1-38-30(37)25(16-17-39-2)32-28(35)27-29(36)34(26-13-9-8-12-24(26)31-27)23-18-21-14-15-22(19-23)33(21)20-10-6-4-3-5-7-11-20/h8-9,12-13,20-23,25,30,37H,3-7,10-11,14-19H2,1-2H3,(H,32,35)/t21-,22+,23?,25?,30?. The van der Waals surface area contributed by atoms with Gasteiger partial charge in [0.05, 0.1) is 17.1 Å². The number of carbonyl (C=O) groups excluding carboxylic acids is 1. The topological polar surface area (TPSA) is 96.7 Å². The normalized spacial score (nSPS) is 26.2. The van der Waals surface area contributed by atoms with Crippen molar-refractivity contribution in [1.29, 1.82) is 0 Å². The molecule has 0 radical (unpaired) electrons. The largest absolute Gasteiger partial charge is 0.366 e. The van der Waals surface area contributed by atoms with Crippen molar-refractivity contribution in [3.8, 4) is 0 Å². The number of benzene rings is 1. The summed E-state index contributed by atoms with van der Waals surface area (Å²) in [6.07, 6.45) is 14.9. The summed E-state index contributed by atoms with van der Waals surface area (Å²) in [6.45, 7) is 0. The first kappa shape index (κ1) is 28.6. The fourth-order valence-corrected chi connectivity index (χ4v) is 7.81. The maximum absolute atomic E-state index is 14.0. The van der Waals surface area contributed by atoms with E-state index in [0.29, 0.717) is 30.1 Å². The molecule has 2 aliphatic heterocycles. The number of aromatic nitrogens is 2. The lowest BCUT2D eigenvalue weighted by Crippen LogP contribution is -2.51. The Morgan fingerprint density at radius 1 is 1.05 bits per heavy atom. The SMILES string of the molecule is COC(O)C(CCSC)NC(=O)c1nc2ccccc2n(C2C[C@H]3CC[C@@H](C2)N3C2CCCCCCC2)c1=O. The van der Waals surface area contributed by atoms with Crippen LogP contribution in [0.2, 0.25) is 0 Å². The van der Waals surface area contributed by atoms with Gasteiger partial charge in [-0.05, 0) is 69.1 Å². The average molecular weight is 557 g/mol. The second kappa shape index (κ2) is 13.1. The highest BCUT2D eigenvalue weighted by molar-refractivity contribution is 7.98. The second-order valence-electron chi connectivity index (χ2n) is 11.6. The number of thioether (sulfide) groups is 1. The third-order valence-corrected chi connectivity index (χ3v) is 9.82. The van der Waals surface area contributed by atoms with E-state index in [9.17, 15) is 14.7 Å². The van der Waals surface area contributed by atoms with Gasteiger partial charge in [0.25, 0.3) is 11.5 Å². The van der Waals surface area contributed by atoms with Crippen LogP contribution in [0, 0.1) is 0 Å². The molecule has 2 aromatic rings. The van der Waals surface area contributed by atoms with Crippen molar-refractivity contribution in [1.82, 2.24) is 19.8 Å². The van der Waals surface area contributed by atoms with Gasteiger partial charge < -0.3 is 19.7 Å². The molecule has 5 rings (SSSR count). The Bertz CT molecular complexity index is 1170. The number of hydrogen-bond acceptors (Lipinski definition) is 7. The molecule has 1 saturated carbocycles. The highest BCUT2D eigenvalue weighted by Gasteiger charge is 2.44. The van der Waals surface area contributed by atoms with E-state index < -0.39 is 18.2 Å². The number of nitrogens with zero attached hydrogens (tertiary/aromatic N) is 3. The fourth-order valence-electron chi connectivity index (χ4n) is 7.32. The van der Waals surface area contributed by atoms with Gasteiger partial charge in [-0.2, -0.15) is 11.8 Å². The number of fused-ring (bicyclic) bond motifs is 3. The molecular formula is C30H44N4O4S. The van der Waals surface area contributed by atoms with Gasteiger partial charge in [0.1, 0.15) is 0 Å². The number of aliphatic hydroxyl groups excluding tert-OH is 1. The molecule has 2 bridgehead atoms. The summed E-state index contributed by atoms with van der Waals surface area (Å²) in [5.41, 5.74) is 0.982. The molecule has 3 aliphatic rings. The number of para-hydroxylation sites is 2. The van der Waals surface area contributed by atoms with Crippen LogP contribution in [0.3, 0.4) is 0 Å². The molecule has 2 N–H and O–H groups in total. The molecule has 3 heterocycles. The minimum atomic E-state index is -1.16. The van der Waals surface area contributed by atoms with Crippen molar-refractivity contribution in [2.24, 2.45) is 0 Å². The van der Waals surface area contributed by atoms with Crippen molar-refractivity contribution < 1.29 is 14.6 Å². The van der Waals surface area contributed by atoms with Crippen molar-refractivity contribution in [2.45, 2.75) is 114 Å². The Morgan fingerprint density at radius 3 is 2.38 bits per heavy atom. The number of amides is 1. The van der Waals surface area contributed by atoms with Crippen LogP contribution in [0.15, 0.2) is 29.1 Å². The van der Waals surface area contributed by atoms with Gasteiger partial charge >= 0.3 is 0 Å². The Labute approximate surface area is 235 Å². The van der Waals surface area contributed by atoms with Crippen LogP contribution in [0.1, 0.15) is 93.6 Å². The first-order chi connectivity index (χ1) is 19.0. The molecule has 2 saturated heterocycles. The predicted molar refractivity (Wildman–Crippen MR) is 156 cm³/mol. The van der Waals surface area contributed by atoms with Gasteiger partial charge in [0.2, 0.25) is 0 Å². The highest BCUT2D eigenvalue weighted by Crippen LogP contribution is 2.44. The second-order valence-corrected chi connectivity index (χ2v) is 12.6. The first-order valence-corrected chi connectivity index (χ1v) is 16.2. The number of aliphatic hydroxyl groups is 1. The van der Waals surface area contributed by atoms with E-state index in [1.165, 1.54) is 64.9 Å². The van der Waals surface area contributed by atoms with Crippen LogP contribution >= 0.6 is 11.8 Å². The minimum absolute atomic E-state index is 0.0381. The van der Waals surface area contributed by atoms with Crippen LogP contribution in [0.5, 0.6) is 0 Å². The van der Waals surface area contributed by atoms with E-state index in [4.69, 9.17) is 4.74 Å². The lowest BCUT2D eigenvalue weighted by molar-refractivity contribution is -0.0952. The Morgan fingerprint density at radius 2 is 1.72 bits per heavy atom. The summed E-state index contributed by atoms with van der Waals surface area (Å²) in [5, 5.41) is 13.1. The molecule has 5 atom stereocenters. The fraction of sp³-hybridized carbons (Fsp3) is 0.700. The van der Waals surface area contributed by atoms with Gasteiger partial charge in [0.15, 0.2) is 12.0 Å². The van der Waals surface area contributed by atoms with Crippen molar-refractivity contribution in [3.63, 3.8) is 0 Å². The van der Waals surface area contributed by atoms with E-state index in [-0.39, 0.29) is 17.3 Å². The summed E-state index contributed by atoms with van der Waals surface area (Å²) in [5.74, 6) is 0.181. The van der Waals surface area contributed by atoms with Crippen LogP contribution in [0.4, 0.5) is 0 Å². The lowest BCUT2D eigenvalue weighted by atomic mass is 9.89. The third kappa shape index (κ3) is 6.21. The van der Waals surface area contributed by atoms with Crippen LogP contribution in [-0.4, -0.2) is 75.0 Å². The molecule has 214 valence electrons. The molecule has 1 amide bonds. The molecule has 1 aromatic carbocycles. The summed E-state index contributed by atoms with van der Waals surface area (Å²) in [6, 6.07) is 8.70. The molecule has 3 fully saturated rings. The lowest BCUT2D eigenvalue weighted by Gasteiger charge is -2.45. The number of carbonyl (C=O) groups is 1. The predicted octanol–water partition coefficient (Wildman–Crippen LogP) is 4.49.